The molecule has 0 aliphatic carbocycles. The molecule has 4 amide bonds. The molecular formula is C55H63ClFN15O6. The highest BCUT2D eigenvalue weighted by atomic mass is 35.5. The van der Waals surface area contributed by atoms with Gasteiger partial charge in [-0.25, -0.2) is 9.37 Å². The molecule has 23 heteroatoms. The first kappa shape index (κ1) is 54.6. The van der Waals surface area contributed by atoms with Crippen LogP contribution < -0.4 is 36.8 Å². The van der Waals surface area contributed by atoms with Crippen molar-refractivity contribution in [1.29, 1.82) is 0 Å². The number of fused-ring (bicyclic) bond motifs is 2. The Bertz CT molecular complexity index is 3300. The molecule has 0 saturated carbocycles. The second-order valence-corrected chi connectivity index (χ2v) is 19.8. The molecule has 2 aliphatic heterocycles. The van der Waals surface area contributed by atoms with E-state index in [1.165, 1.54) is 24.1 Å². The molecule has 7 aromatic rings. The van der Waals surface area contributed by atoms with Crippen molar-refractivity contribution in [3.63, 3.8) is 0 Å². The Morgan fingerprint density at radius 2 is 1.53 bits per heavy atom. The summed E-state index contributed by atoms with van der Waals surface area (Å²) >= 11 is 6.42. The van der Waals surface area contributed by atoms with E-state index < -0.39 is 23.6 Å². The van der Waals surface area contributed by atoms with E-state index in [1.807, 2.05) is 41.1 Å². The van der Waals surface area contributed by atoms with E-state index in [9.17, 15) is 24.0 Å². The van der Waals surface area contributed by atoms with Gasteiger partial charge >= 0.3 is 5.97 Å². The van der Waals surface area contributed by atoms with Crippen molar-refractivity contribution in [2.45, 2.75) is 39.3 Å². The van der Waals surface area contributed by atoms with Gasteiger partial charge in [0.1, 0.15) is 23.9 Å². The third-order valence-electron chi connectivity index (χ3n) is 14.1. The van der Waals surface area contributed by atoms with Crippen molar-refractivity contribution < 1.29 is 33.1 Å². The van der Waals surface area contributed by atoms with Crippen molar-refractivity contribution >= 4 is 91.8 Å². The molecule has 3 aromatic heterocycles. The van der Waals surface area contributed by atoms with Crippen LogP contribution in [0.1, 0.15) is 35.3 Å². The van der Waals surface area contributed by atoms with Gasteiger partial charge in [0.05, 0.1) is 60.6 Å². The number of carbonyl (C=O) groups excluding carboxylic acids is 5. The van der Waals surface area contributed by atoms with Crippen molar-refractivity contribution in [3.05, 3.63) is 113 Å². The molecule has 2 fully saturated rings. The number of para-hydroxylation sites is 1. The minimum Gasteiger partial charge on any atom is -0.468 e. The summed E-state index contributed by atoms with van der Waals surface area (Å²) in [5.41, 5.74) is 6.05. The van der Waals surface area contributed by atoms with Crippen LogP contribution in [0.3, 0.4) is 0 Å². The summed E-state index contributed by atoms with van der Waals surface area (Å²) in [4.78, 5) is 77.5. The third kappa shape index (κ3) is 13.5. The van der Waals surface area contributed by atoms with Gasteiger partial charge in [-0.2, -0.15) is 15.2 Å². The number of piperazine rings is 1. The van der Waals surface area contributed by atoms with Gasteiger partial charge in [0.25, 0.3) is 5.91 Å². The number of aryl methyl sites for hydroxylation is 1. The number of halogens is 2. The van der Waals surface area contributed by atoms with E-state index in [2.05, 4.69) is 83.6 Å². The molecule has 9 rings (SSSR count). The zero-order valence-electron chi connectivity index (χ0n) is 43.8. The maximum Gasteiger partial charge on any atom is 0.325 e. The summed E-state index contributed by atoms with van der Waals surface area (Å²) < 4.78 is 23.9. The molecule has 0 radical (unpaired) electrons. The van der Waals surface area contributed by atoms with E-state index in [4.69, 9.17) is 11.6 Å². The van der Waals surface area contributed by atoms with Crippen molar-refractivity contribution in [2.24, 2.45) is 5.92 Å². The minimum absolute atomic E-state index is 0.0318. The Morgan fingerprint density at radius 1 is 0.769 bits per heavy atom. The van der Waals surface area contributed by atoms with Gasteiger partial charge in [0.2, 0.25) is 23.7 Å². The number of amides is 4. The zero-order valence-corrected chi connectivity index (χ0v) is 44.5. The number of aromatic nitrogens is 6. The molecule has 2 aliphatic rings. The summed E-state index contributed by atoms with van der Waals surface area (Å²) in [6, 6.07) is 24.0. The van der Waals surface area contributed by atoms with Crippen LogP contribution in [0, 0.1) is 18.7 Å². The molecule has 2 saturated heterocycles. The zero-order chi connectivity index (χ0) is 54.7. The van der Waals surface area contributed by atoms with Gasteiger partial charge in [0, 0.05) is 74.0 Å². The highest BCUT2D eigenvalue weighted by molar-refractivity contribution is 6.33. The van der Waals surface area contributed by atoms with Crippen LogP contribution in [-0.4, -0.2) is 155 Å². The molecular weight excluding hydrogens is 1020 g/mol. The van der Waals surface area contributed by atoms with Crippen LogP contribution in [0.4, 0.5) is 33.2 Å². The normalized spacial score (nSPS) is 14.3. The lowest BCUT2D eigenvalue weighted by Gasteiger charge is -2.36. The highest BCUT2D eigenvalue weighted by Crippen LogP contribution is 2.36. The lowest BCUT2D eigenvalue weighted by molar-refractivity contribution is -0.141. The summed E-state index contributed by atoms with van der Waals surface area (Å²) in [5, 5.41) is 28.1. The quantitative estimate of drug-likeness (QED) is 0.0399. The molecule has 4 aromatic carbocycles. The van der Waals surface area contributed by atoms with E-state index in [0.29, 0.717) is 86.7 Å². The molecule has 0 atom stereocenters. The summed E-state index contributed by atoms with van der Waals surface area (Å²) in [7, 11) is 2.79. The van der Waals surface area contributed by atoms with Crippen molar-refractivity contribution in [3.8, 4) is 11.1 Å². The molecule has 0 bridgehead atoms. The lowest BCUT2D eigenvalue weighted by atomic mass is 9.96. The van der Waals surface area contributed by atoms with Crippen LogP contribution in [0.25, 0.3) is 32.9 Å². The number of ether oxygens (including phenoxy) is 1. The lowest BCUT2D eigenvalue weighted by Crippen LogP contribution is -2.47. The van der Waals surface area contributed by atoms with E-state index in [1.54, 1.807) is 44.4 Å². The van der Waals surface area contributed by atoms with Crippen LogP contribution in [0.2, 0.25) is 5.02 Å². The predicted octanol–water partition coefficient (Wildman–Crippen LogP) is 5.24. The first-order chi connectivity index (χ1) is 37.8. The summed E-state index contributed by atoms with van der Waals surface area (Å²) in [6.07, 6.45) is 5.86. The maximum absolute atomic E-state index is 15.9. The first-order valence-electron chi connectivity index (χ1n) is 26.0. The van der Waals surface area contributed by atoms with Crippen LogP contribution in [0.15, 0.2) is 91.3 Å². The number of methoxy groups -OCH3 is 1. The Hall–Kier alpha value is -8.21. The van der Waals surface area contributed by atoms with Gasteiger partial charge < -0.3 is 41.5 Å². The average Bonchev–Trinajstić information content (AvgIpc) is 4.12. The molecule has 6 N–H and O–H groups in total. The monoisotopic (exact) mass is 1080 g/mol. The van der Waals surface area contributed by atoms with Crippen LogP contribution >= 0.6 is 11.6 Å². The summed E-state index contributed by atoms with van der Waals surface area (Å²) in [6.45, 7) is 8.74. The number of rotatable bonds is 21. The largest absolute Gasteiger partial charge is 0.468 e. The van der Waals surface area contributed by atoms with Gasteiger partial charge in [-0.3, -0.25) is 43.1 Å². The fraction of sp³-hybridized carbons (Fsp3) is 0.364. The number of hydrogen-bond acceptors (Lipinski definition) is 15. The number of esters is 1. The van der Waals surface area contributed by atoms with Crippen LogP contribution in [0.5, 0.6) is 0 Å². The molecule has 78 heavy (non-hydrogen) atoms. The van der Waals surface area contributed by atoms with E-state index in [0.717, 1.165) is 82.0 Å². The van der Waals surface area contributed by atoms with Crippen molar-refractivity contribution in [2.75, 3.05) is 102 Å². The smallest absolute Gasteiger partial charge is 0.325 e. The number of benzene rings is 4. The van der Waals surface area contributed by atoms with E-state index >= 15 is 4.39 Å². The second-order valence-electron chi connectivity index (χ2n) is 19.4. The minimum atomic E-state index is -0.606. The number of likely N-dealkylation sites (tertiary alicyclic amines) is 1. The molecule has 5 heterocycles. The molecule has 408 valence electrons. The van der Waals surface area contributed by atoms with Gasteiger partial charge in [-0.15, -0.1) is 0 Å². The Balaban J connectivity index is 0.686. The number of hydrogen-bond donors (Lipinski definition) is 6. The van der Waals surface area contributed by atoms with Gasteiger partial charge in [-0.05, 0) is 112 Å². The fourth-order valence-electron chi connectivity index (χ4n) is 9.93. The molecule has 0 spiro atoms. The standard InChI is InChI=1S/C55H63ClFN15O6/c1-35-52-40(9-6-11-46(52)72(67-35)34-50(75)60-30-48(73)61-31-51(76)78-3)42-27-47-37(26-44(42)57)28-63-71(47)32-36-16-20-69(21-17-36)33-49(74)59-18-7-19-68-22-24-70(25-23-68)39-14-12-38(13-15-39)64-55-62-29-43(56)53(66-55)65-45-10-5-4-8-41(45)54(77)58-2/h4-6,8-15,26-29,36H,7,16-25,30-34H2,1-3H3,(H,58,77)(H,59,74)(H,60,75)(H,61,73)(H2,62,64,65,66). The number of carbonyl (C=O) groups is 5. The Morgan fingerprint density at radius 3 is 2.29 bits per heavy atom. The SMILES string of the molecule is CNC(=O)c1ccccc1Nc1nc(Nc2ccc(N3CCN(CCCNC(=O)CN4CCC(Cn5ncc6cc(F)c(-c7cccc8c7c(C)nn8CC(=O)NCC(=O)NCC(=O)OC)cc65)CC4)CC3)cc2)ncc1Cl. The average molecular weight is 1080 g/mol. The predicted molar refractivity (Wildman–Crippen MR) is 297 cm³/mol. The summed E-state index contributed by atoms with van der Waals surface area (Å²) in [5.74, 6) is -1.16. The third-order valence-corrected chi connectivity index (χ3v) is 14.4. The Labute approximate surface area is 455 Å². The molecule has 21 nitrogen and oxygen atoms in total. The van der Waals surface area contributed by atoms with Crippen LogP contribution in [-0.2, 0) is 37.0 Å². The fourth-order valence-corrected chi connectivity index (χ4v) is 10.1. The van der Waals surface area contributed by atoms with E-state index in [-0.39, 0.29) is 31.4 Å². The number of nitrogens with one attached hydrogen (secondary N) is 6. The topological polar surface area (TPSA) is 238 Å². The maximum atomic E-state index is 15.9. The highest BCUT2D eigenvalue weighted by Gasteiger charge is 2.25. The number of nitrogens with zero attached hydrogens (tertiary/aromatic N) is 9. The molecule has 0 unspecified atom stereocenters. The van der Waals surface area contributed by atoms with Gasteiger partial charge in [-0.1, -0.05) is 35.9 Å². The first-order valence-corrected chi connectivity index (χ1v) is 26.4. The number of piperidine rings is 1. The second kappa shape index (κ2) is 25.3. The van der Waals surface area contributed by atoms with Gasteiger partial charge in [0.15, 0.2) is 5.82 Å². The van der Waals surface area contributed by atoms with Crippen molar-refractivity contribution in [1.82, 2.24) is 60.6 Å². The Kier molecular flexibility index (Phi) is 17.7. The number of anilines is 5.